The predicted octanol–water partition coefficient (Wildman–Crippen LogP) is 1.97. The molecule has 3 aromatic rings. The van der Waals surface area contributed by atoms with E-state index in [1.54, 1.807) is 19.9 Å². The number of nitrogens with one attached hydrogen (secondary N) is 2. The smallest absolute Gasteiger partial charge is 0.270 e. The highest BCUT2D eigenvalue weighted by molar-refractivity contribution is 7.08. The minimum absolute atomic E-state index is 0.236. The van der Waals surface area contributed by atoms with Gasteiger partial charge in [-0.05, 0) is 25.4 Å². The van der Waals surface area contributed by atoms with E-state index >= 15 is 0 Å². The molecule has 0 radical (unpaired) electrons. The number of H-pyrrole nitrogens is 1. The van der Waals surface area contributed by atoms with E-state index in [1.807, 2.05) is 20.8 Å². The summed E-state index contributed by atoms with van der Waals surface area (Å²) >= 11 is 1.02. The number of carbonyl (C=O) groups excluding carboxylic acids is 1. The minimum Gasteiger partial charge on any atom is -0.306 e. The number of anilines is 1. The van der Waals surface area contributed by atoms with E-state index in [0.29, 0.717) is 22.1 Å². The van der Waals surface area contributed by atoms with Crippen molar-refractivity contribution in [2.45, 2.75) is 40.0 Å². The molecular weight excluding hydrogens is 354 g/mol. The Morgan fingerprint density at radius 3 is 2.58 bits per heavy atom. The van der Waals surface area contributed by atoms with Gasteiger partial charge in [0.1, 0.15) is 10.7 Å². The molecule has 0 aliphatic carbocycles. The predicted molar refractivity (Wildman–Crippen MR) is 98.0 cm³/mol. The van der Waals surface area contributed by atoms with Gasteiger partial charge in [0, 0.05) is 23.2 Å². The summed E-state index contributed by atoms with van der Waals surface area (Å²) in [6.45, 7) is 9.46. The molecule has 136 valence electrons. The molecule has 3 heterocycles. The van der Waals surface area contributed by atoms with Crippen LogP contribution in [-0.2, 0) is 5.41 Å². The lowest BCUT2D eigenvalue weighted by atomic mass is 9.92. The Morgan fingerprint density at radius 2 is 2.00 bits per heavy atom. The largest absolute Gasteiger partial charge is 0.306 e. The van der Waals surface area contributed by atoms with Crippen LogP contribution < -0.4 is 10.9 Å². The van der Waals surface area contributed by atoms with Crippen molar-refractivity contribution in [1.29, 1.82) is 0 Å². The molecule has 2 N–H and O–H groups in total. The maximum absolute atomic E-state index is 12.6. The Kier molecular flexibility index (Phi) is 4.45. The van der Waals surface area contributed by atoms with E-state index in [-0.39, 0.29) is 22.8 Å². The highest BCUT2D eigenvalue weighted by atomic mass is 32.1. The van der Waals surface area contributed by atoms with Crippen molar-refractivity contribution in [3.05, 3.63) is 44.4 Å². The third-order valence-electron chi connectivity index (χ3n) is 3.64. The van der Waals surface area contributed by atoms with Gasteiger partial charge >= 0.3 is 0 Å². The van der Waals surface area contributed by atoms with Gasteiger partial charge in [-0.25, -0.2) is 4.98 Å². The third-order valence-corrected chi connectivity index (χ3v) is 4.46. The summed E-state index contributed by atoms with van der Waals surface area (Å²) < 4.78 is 5.21. The van der Waals surface area contributed by atoms with Gasteiger partial charge in [0.2, 0.25) is 5.95 Å². The van der Waals surface area contributed by atoms with Crippen LogP contribution in [0, 0.1) is 13.8 Å². The summed E-state index contributed by atoms with van der Waals surface area (Å²) in [4.78, 5) is 31.8. The van der Waals surface area contributed by atoms with Crippen molar-refractivity contribution >= 4 is 23.3 Å². The molecular formula is C16H19N7O2S. The molecule has 0 atom stereocenters. The van der Waals surface area contributed by atoms with Gasteiger partial charge in [-0.1, -0.05) is 25.3 Å². The second-order valence-corrected chi connectivity index (χ2v) is 7.68. The number of rotatable bonds is 3. The van der Waals surface area contributed by atoms with Gasteiger partial charge in [0.05, 0.1) is 11.4 Å². The molecule has 9 nitrogen and oxygen atoms in total. The zero-order valence-corrected chi connectivity index (χ0v) is 15.9. The van der Waals surface area contributed by atoms with Crippen LogP contribution in [0.1, 0.15) is 47.5 Å². The van der Waals surface area contributed by atoms with Crippen molar-refractivity contribution < 1.29 is 4.79 Å². The van der Waals surface area contributed by atoms with E-state index in [2.05, 4.69) is 30.0 Å². The lowest BCUT2D eigenvalue weighted by Crippen LogP contribution is -2.19. The zero-order valence-electron chi connectivity index (χ0n) is 15.1. The topological polar surface area (TPSA) is 118 Å². The lowest BCUT2D eigenvalue weighted by Gasteiger charge is -2.13. The molecule has 26 heavy (non-hydrogen) atoms. The molecule has 0 fully saturated rings. The van der Waals surface area contributed by atoms with E-state index in [0.717, 1.165) is 17.2 Å². The average Bonchev–Trinajstić information content (AvgIpc) is 3.12. The molecule has 0 aliphatic heterocycles. The van der Waals surface area contributed by atoms with Crippen molar-refractivity contribution in [2.24, 2.45) is 0 Å². The van der Waals surface area contributed by atoms with Crippen molar-refractivity contribution in [3.63, 3.8) is 0 Å². The van der Waals surface area contributed by atoms with Crippen LogP contribution in [0.3, 0.4) is 0 Å². The van der Waals surface area contributed by atoms with Crippen LogP contribution >= 0.6 is 11.5 Å². The van der Waals surface area contributed by atoms with Crippen LogP contribution in [0.15, 0.2) is 16.9 Å². The van der Waals surface area contributed by atoms with Gasteiger partial charge in [0.25, 0.3) is 11.5 Å². The summed E-state index contributed by atoms with van der Waals surface area (Å²) in [7, 11) is 0. The van der Waals surface area contributed by atoms with Gasteiger partial charge in [-0.15, -0.1) is 5.10 Å². The molecule has 3 rings (SSSR count). The summed E-state index contributed by atoms with van der Waals surface area (Å²) in [5, 5.41) is 11.2. The fourth-order valence-electron chi connectivity index (χ4n) is 2.27. The molecule has 0 saturated heterocycles. The summed E-state index contributed by atoms with van der Waals surface area (Å²) in [5.74, 6) is 0.301. The summed E-state index contributed by atoms with van der Waals surface area (Å²) in [6, 6.07) is 3.16. The molecule has 10 heteroatoms. The number of nitrogens with zero attached hydrogens (tertiary/aromatic N) is 5. The first-order chi connectivity index (χ1) is 12.1. The number of amides is 1. The SMILES string of the molecule is Cc1cc(=O)[nH]c(-n2nc(C(C)(C)C)cc2NC(=O)c2snnc2C)n1. The fraction of sp³-hybridized carbons (Fsp3) is 0.375. The Labute approximate surface area is 153 Å². The second-order valence-electron chi connectivity index (χ2n) is 6.93. The Bertz CT molecular complexity index is 1030. The number of aromatic amines is 1. The summed E-state index contributed by atoms with van der Waals surface area (Å²) in [6.07, 6.45) is 0. The van der Waals surface area contributed by atoms with Gasteiger partial charge < -0.3 is 5.32 Å². The molecule has 0 spiro atoms. The maximum Gasteiger partial charge on any atom is 0.270 e. The van der Waals surface area contributed by atoms with Gasteiger partial charge in [-0.2, -0.15) is 9.78 Å². The number of hydrogen-bond acceptors (Lipinski definition) is 7. The zero-order chi connectivity index (χ0) is 19.1. The minimum atomic E-state index is -0.339. The second kappa shape index (κ2) is 6.45. The average molecular weight is 373 g/mol. The Balaban J connectivity index is 2.08. The van der Waals surface area contributed by atoms with Crippen LogP contribution in [0.2, 0.25) is 0 Å². The van der Waals surface area contributed by atoms with E-state index < -0.39 is 0 Å². The number of aromatic nitrogens is 6. The number of carbonyl (C=O) groups is 1. The number of hydrogen-bond donors (Lipinski definition) is 2. The molecule has 0 unspecified atom stereocenters. The molecule has 0 bridgehead atoms. The molecule has 0 saturated carbocycles. The molecule has 0 aromatic carbocycles. The van der Waals surface area contributed by atoms with Crippen molar-refractivity contribution in [2.75, 3.05) is 5.32 Å². The lowest BCUT2D eigenvalue weighted by molar-refractivity contribution is 0.102. The highest BCUT2D eigenvalue weighted by Crippen LogP contribution is 2.26. The van der Waals surface area contributed by atoms with Crippen molar-refractivity contribution in [1.82, 2.24) is 29.3 Å². The summed E-state index contributed by atoms with van der Waals surface area (Å²) in [5.41, 5.74) is 1.31. The quantitative estimate of drug-likeness (QED) is 0.724. The number of aryl methyl sites for hydroxylation is 2. The monoisotopic (exact) mass is 373 g/mol. The first-order valence-corrected chi connectivity index (χ1v) is 8.71. The first-order valence-electron chi connectivity index (χ1n) is 7.94. The van der Waals surface area contributed by atoms with Gasteiger partial charge in [-0.3, -0.25) is 14.6 Å². The maximum atomic E-state index is 12.6. The standard InChI is InChI=1S/C16H19N7O2S/c1-8-6-12(24)19-15(17-8)23-11(7-10(21-23)16(3,4)5)18-14(25)13-9(2)20-22-26-13/h6-7H,1-5H3,(H,18,25)(H,17,19,24). The van der Waals surface area contributed by atoms with E-state index in [9.17, 15) is 9.59 Å². The van der Waals surface area contributed by atoms with E-state index in [1.165, 1.54) is 10.7 Å². The van der Waals surface area contributed by atoms with Crippen LogP contribution in [0.4, 0.5) is 5.82 Å². The van der Waals surface area contributed by atoms with E-state index in [4.69, 9.17) is 0 Å². The fourth-order valence-corrected chi connectivity index (χ4v) is 2.83. The van der Waals surface area contributed by atoms with Crippen LogP contribution in [0.5, 0.6) is 0 Å². The van der Waals surface area contributed by atoms with Crippen molar-refractivity contribution in [3.8, 4) is 5.95 Å². The Hall–Kier alpha value is -2.88. The highest BCUT2D eigenvalue weighted by Gasteiger charge is 2.23. The molecule has 3 aromatic heterocycles. The first kappa shape index (κ1) is 17.9. The van der Waals surface area contributed by atoms with Gasteiger partial charge in [0.15, 0.2) is 0 Å². The normalized spacial score (nSPS) is 11.6. The van der Waals surface area contributed by atoms with Crippen LogP contribution in [0.25, 0.3) is 5.95 Å². The third kappa shape index (κ3) is 3.54. The van der Waals surface area contributed by atoms with Crippen LogP contribution in [-0.4, -0.2) is 35.2 Å². The molecule has 0 aliphatic rings. The molecule has 1 amide bonds. The Morgan fingerprint density at radius 1 is 1.27 bits per heavy atom.